The minimum Gasteiger partial charge on any atom is -0.496 e. The Balaban J connectivity index is 0.612. The number of aromatic amines is 1. The van der Waals surface area contributed by atoms with Crippen LogP contribution in [0.2, 0.25) is 0 Å². The molecule has 1 fully saturated rings. The standard InChI is InChI=1S/C56H70N8O19/c1-72-51-13-12-46(50-11-5-20-83-50)53-52(51)47(39-57-53)54(65)56(67)61-16-14-60(15-17-61)55(66)42-6-2-7-44(38-42)82-37-36-80-33-32-78-29-28-77-27-26-76-25-23-74-21-18-62-40-43(58-59-62)41-81-35-34-79-31-30-75-24-22-73-19-4-8-45-48(63(68)69)9-3-10-49(45)64(70)71/h2-3,5-7,9-13,20,38-40,57H,4,8,14-19,21-37,41H2,1H3. The number of fused-ring (bicyclic) bond motifs is 1. The van der Waals surface area contributed by atoms with Gasteiger partial charge in [-0.3, -0.25) is 34.6 Å². The smallest absolute Gasteiger partial charge is 0.295 e. The summed E-state index contributed by atoms with van der Waals surface area (Å²) in [5.74, 6) is 0.0508. The molecule has 27 heteroatoms. The molecule has 6 aromatic rings. The summed E-state index contributed by atoms with van der Waals surface area (Å²) in [7, 11) is 1.51. The van der Waals surface area contributed by atoms with E-state index in [0.29, 0.717) is 158 Å². The number of benzene rings is 3. The van der Waals surface area contributed by atoms with Crippen LogP contribution in [0.3, 0.4) is 0 Å². The molecule has 83 heavy (non-hydrogen) atoms. The molecule has 1 aliphatic rings. The van der Waals surface area contributed by atoms with Gasteiger partial charge in [-0.15, -0.1) is 5.10 Å². The molecular formula is C56H70N8O19. The molecule has 0 aliphatic carbocycles. The van der Waals surface area contributed by atoms with E-state index in [4.69, 9.17) is 56.5 Å². The second-order valence-electron chi connectivity index (χ2n) is 18.4. The Kier molecular flexibility index (Phi) is 26.2. The number of hydrogen-bond donors (Lipinski definition) is 1. The highest BCUT2D eigenvalue weighted by atomic mass is 16.6. The van der Waals surface area contributed by atoms with Gasteiger partial charge in [-0.05, 0) is 61.4 Å². The summed E-state index contributed by atoms with van der Waals surface area (Å²) >= 11 is 0. The van der Waals surface area contributed by atoms with Crippen molar-refractivity contribution in [3.63, 3.8) is 0 Å². The number of nitrogens with one attached hydrogen (secondary N) is 1. The van der Waals surface area contributed by atoms with Gasteiger partial charge in [0, 0.05) is 62.2 Å². The third-order valence-electron chi connectivity index (χ3n) is 12.8. The number of carbonyl (C=O) groups is 3. The fourth-order valence-electron chi connectivity index (χ4n) is 8.70. The predicted molar refractivity (Wildman–Crippen MR) is 296 cm³/mol. The Labute approximate surface area is 478 Å². The van der Waals surface area contributed by atoms with E-state index in [1.54, 1.807) is 58.4 Å². The van der Waals surface area contributed by atoms with Crippen LogP contribution in [0, 0.1) is 20.2 Å². The number of amides is 2. The van der Waals surface area contributed by atoms with Crippen molar-refractivity contribution in [2.75, 3.05) is 152 Å². The molecule has 0 spiro atoms. The molecule has 27 nitrogen and oxygen atoms in total. The Bertz CT molecular complexity index is 2930. The highest BCUT2D eigenvalue weighted by Gasteiger charge is 2.32. The van der Waals surface area contributed by atoms with Crippen molar-refractivity contribution in [2.24, 2.45) is 0 Å². The van der Waals surface area contributed by atoms with E-state index in [1.807, 2.05) is 12.1 Å². The van der Waals surface area contributed by atoms with Crippen LogP contribution in [0.1, 0.15) is 38.4 Å². The highest BCUT2D eigenvalue weighted by molar-refractivity contribution is 6.45. The number of ether oxygens (including phenoxy) is 11. The molecule has 0 bridgehead atoms. The van der Waals surface area contributed by atoms with Crippen LogP contribution < -0.4 is 9.47 Å². The molecule has 1 saturated heterocycles. The molecule has 0 atom stereocenters. The van der Waals surface area contributed by atoms with Gasteiger partial charge in [0.25, 0.3) is 29.0 Å². The maximum absolute atomic E-state index is 13.6. The van der Waals surface area contributed by atoms with Gasteiger partial charge in [-0.2, -0.15) is 0 Å². The van der Waals surface area contributed by atoms with Gasteiger partial charge in [0.1, 0.15) is 35.1 Å². The van der Waals surface area contributed by atoms with Crippen LogP contribution >= 0.6 is 0 Å². The third kappa shape index (κ3) is 19.7. The number of rotatable bonds is 41. The summed E-state index contributed by atoms with van der Waals surface area (Å²) in [5.41, 5.74) is 2.22. The van der Waals surface area contributed by atoms with Crippen LogP contribution in [0.4, 0.5) is 11.4 Å². The maximum Gasteiger partial charge on any atom is 0.295 e. The molecule has 0 radical (unpaired) electrons. The average Bonchev–Trinajstić information content (AvgIpc) is 4.21. The molecule has 0 unspecified atom stereocenters. The van der Waals surface area contributed by atoms with Crippen molar-refractivity contribution >= 4 is 39.9 Å². The molecule has 3 aromatic heterocycles. The summed E-state index contributed by atoms with van der Waals surface area (Å²) in [6, 6.07) is 17.9. The zero-order chi connectivity index (χ0) is 58.4. The number of methoxy groups -OCH3 is 1. The summed E-state index contributed by atoms with van der Waals surface area (Å²) in [6.07, 6.45) is 5.41. The van der Waals surface area contributed by atoms with Crippen molar-refractivity contribution < 1.29 is 80.8 Å². The molecule has 1 N–H and O–H groups in total. The number of nitrogens with zero attached hydrogens (tertiary/aromatic N) is 7. The monoisotopic (exact) mass is 1160 g/mol. The van der Waals surface area contributed by atoms with Crippen molar-refractivity contribution in [1.82, 2.24) is 29.8 Å². The first-order valence-corrected chi connectivity index (χ1v) is 27.2. The van der Waals surface area contributed by atoms with Gasteiger partial charge >= 0.3 is 0 Å². The second-order valence-corrected chi connectivity index (χ2v) is 18.4. The Morgan fingerprint density at radius 1 is 0.651 bits per heavy atom. The van der Waals surface area contributed by atoms with Crippen LogP contribution in [-0.2, 0) is 67.0 Å². The van der Waals surface area contributed by atoms with Crippen molar-refractivity contribution in [3.8, 4) is 22.8 Å². The minimum atomic E-state index is -0.671. The highest BCUT2D eigenvalue weighted by Crippen LogP contribution is 2.37. The predicted octanol–water partition coefficient (Wildman–Crippen LogP) is 5.37. The van der Waals surface area contributed by atoms with Gasteiger partial charge in [0.15, 0.2) is 0 Å². The average molecular weight is 1160 g/mol. The van der Waals surface area contributed by atoms with Gasteiger partial charge in [-0.25, -0.2) is 4.68 Å². The first kappa shape index (κ1) is 62.9. The zero-order valence-corrected chi connectivity index (χ0v) is 46.4. The van der Waals surface area contributed by atoms with E-state index >= 15 is 0 Å². The number of furan rings is 1. The lowest BCUT2D eigenvalue weighted by Crippen LogP contribution is -2.52. The Morgan fingerprint density at radius 2 is 1.22 bits per heavy atom. The van der Waals surface area contributed by atoms with E-state index in [1.165, 1.54) is 36.4 Å². The van der Waals surface area contributed by atoms with Crippen molar-refractivity contribution in [1.29, 1.82) is 0 Å². The normalized spacial score (nSPS) is 12.5. The molecule has 1 aliphatic heterocycles. The quantitative estimate of drug-likeness (QED) is 0.0166. The van der Waals surface area contributed by atoms with Gasteiger partial charge < -0.3 is 71.3 Å². The van der Waals surface area contributed by atoms with E-state index < -0.39 is 21.5 Å². The molecule has 448 valence electrons. The summed E-state index contributed by atoms with van der Waals surface area (Å²) in [5, 5.41) is 31.2. The summed E-state index contributed by atoms with van der Waals surface area (Å²) in [6.45, 7) is 8.38. The van der Waals surface area contributed by atoms with E-state index in [9.17, 15) is 34.6 Å². The molecule has 4 heterocycles. The number of piperazine rings is 1. The summed E-state index contributed by atoms with van der Waals surface area (Å²) < 4.78 is 68.7. The Hall–Kier alpha value is -7.73. The Morgan fingerprint density at radius 3 is 1.81 bits per heavy atom. The lowest BCUT2D eigenvalue weighted by Gasteiger charge is -2.34. The first-order valence-electron chi connectivity index (χ1n) is 27.2. The zero-order valence-electron chi connectivity index (χ0n) is 46.4. The van der Waals surface area contributed by atoms with Crippen LogP contribution in [0.15, 0.2) is 89.8 Å². The number of aromatic nitrogens is 4. The molecule has 2 amide bonds. The van der Waals surface area contributed by atoms with Gasteiger partial charge in [-0.1, -0.05) is 11.3 Å². The van der Waals surface area contributed by atoms with Crippen molar-refractivity contribution in [2.45, 2.75) is 26.0 Å². The van der Waals surface area contributed by atoms with Gasteiger partial charge in [0.05, 0.1) is 165 Å². The largest absolute Gasteiger partial charge is 0.496 e. The fraction of sp³-hybridized carbons (Fsp3) is 0.482. The lowest BCUT2D eigenvalue weighted by atomic mass is 10.0. The summed E-state index contributed by atoms with van der Waals surface area (Å²) in [4.78, 5) is 68.1. The number of carbonyl (C=O) groups excluding carboxylic acids is 3. The lowest BCUT2D eigenvalue weighted by molar-refractivity contribution is -0.395. The fourth-order valence-corrected chi connectivity index (χ4v) is 8.70. The third-order valence-corrected chi connectivity index (χ3v) is 12.8. The molecule has 0 saturated carbocycles. The topological polar surface area (TPSA) is 305 Å². The molecular weight excluding hydrogens is 1090 g/mol. The number of nitro benzene ring substituents is 2. The number of hydrogen-bond acceptors (Lipinski definition) is 21. The minimum absolute atomic E-state index is 0.0886. The van der Waals surface area contributed by atoms with Crippen LogP contribution in [0.25, 0.3) is 22.2 Å². The van der Waals surface area contributed by atoms with E-state index in [0.717, 1.165) is 5.56 Å². The second kappa shape index (κ2) is 34.7. The maximum atomic E-state index is 13.6. The number of H-pyrrole nitrogens is 1. The molecule has 3 aromatic carbocycles. The molecule has 7 rings (SSSR count). The SMILES string of the molecule is COc1ccc(-c2ccco2)c2[nH]cc(C(=O)C(=O)N3CCN(C(=O)c4cccc(OCCOCCOCCOCCOCCOCCn5cc(COCCOCCOCCOCCCc6c([N+](=O)[O-])cccc6[N+](=O)[O-])nn5)c4)CC3)c12. The number of nitro groups is 2. The number of ketones is 1. The first-order chi connectivity index (χ1) is 40.6. The van der Waals surface area contributed by atoms with Crippen LogP contribution in [0.5, 0.6) is 11.5 Å². The van der Waals surface area contributed by atoms with E-state index in [-0.39, 0.29) is 80.8 Å². The number of Topliss-reactive ketones (excluding diaryl/α,β-unsaturated/α-hetero) is 1. The van der Waals surface area contributed by atoms with Crippen LogP contribution in [-0.4, -0.2) is 209 Å². The van der Waals surface area contributed by atoms with Crippen molar-refractivity contribution in [3.05, 3.63) is 128 Å². The van der Waals surface area contributed by atoms with Gasteiger partial charge in [0.2, 0.25) is 0 Å². The van der Waals surface area contributed by atoms with E-state index in [2.05, 4.69) is 15.3 Å².